The van der Waals surface area contributed by atoms with Gasteiger partial charge in [0.2, 0.25) is 5.91 Å². The van der Waals surface area contributed by atoms with Crippen LogP contribution in [0.4, 0.5) is 5.69 Å². The molecule has 0 N–H and O–H groups in total. The van der Waals surface area contributed by atoms with Gasteiger partial charge >= 0.3 is 0 Å². The van der Waals surface area contributed by atoms with Crippen LogP contribution in [-0.2, 0) is 11.2 Å². The second-order valence-corrected chi connectivity index (χ2v) is 7.63. The van der Waals surface area contributed by atoms with Crippen LogP contribution < -0.4 is 4.90 Å². The molecular formula is C20H21N5OS. The molecule has 0 spiro atoms. The van der Waals surface area contributed by atoms with Crippen molar-refractivity contribution in [3.8, 4) is 5.82 Å². The average Bonchev–Trinajstić information content (AvgIpc) is 3.04. The maximum Gasteiger partial charge on any atom is 0.237 e. The van der Waals surface area contributed by atoms with Crippen molar-refractivity contribution in [1.29, 1.82) is 0 Å². The molecule has 138 valence electrons. The normalized spacial score (nSPS) is 13.5. The average molecular weight is 379 g/mol. The quantitative estimate of drug-likeness (QED) is 0.651. The van der Waals surface area contributed by atoms with Gasteiger partial charge in [0.05, 0.1) is 11.4 Å². The summed E-state index contributed by atoms with van der Waals surface area (Å²) in [5, 5.41) is 13.7. The second-order valence-electron chi connectivity index (χ2n) is 6.63. The van der Waals surface area contributed by atoms with Gasteiger partial charge in [-0.25, -0.2) is 4.68 Å². The summed E-state index contributed by atoms with van der Waals surface area (Å²) in [5.41, 5.74) is 4.25. The van der Waals surface area contributed by atoms with Gasteiger partial charge in [0, 0.05) is 17.9 Å². The molecule has 3 heterocycles. The van der Waals surface area contributed by atoms with Gasteiger partial charge < -0.3 is 4.90 Å². The molecule has 4 rings (SSSR count). The molecule has 1 aliphatic heterocycles. The van der Waals surface area contributed by atoms with Crippen molar-refractivity contribution >= 4 is 23.4 Å². The molecule has 0 atom stereocenters. The maximum absolute atomic E-state index is 12.7. The van der Waals surface area contributed by atoms with E-state index in [0.29, 0.717) is 11.6 Å². The Bertz CT molecular complexity index is 967. The van der Waals surface area contributed by atoms with Crippen molar-refractivity contribution in [2.75, 3.05) is 17.2 Å². The summed E-state index contributed by atoms with van der Waals surface area (Å²) in [6.45, 7) is 4.71. The number of benzene rings is 1. The Morgan fingerprint density at radius 3 is 2.74 bits per heavy atom. The Morgan fingerprint density at radius 2 is 2.00 bits per heavy atom. The molecule has 1 aromatic carbocycles. The standard InChI is InChI=1S/C20H21N5OS/c1-14-12-15(2)25(23-14)18-9-10-19(22-21-18)27-13-20(26)24-11-5-7-16-6-3-4-8-17(16)24/h3-4,6,8-10,12H,5,7,11,13H2,1-2H3. The third kappa shape index (κ3) is 3.73. The van der Waals surface area contributed by atoms with Gasteiger partial charge in [-0.05, 0) is 56.5 Å². The summed E-state index contributed by atoms with van der Waals surface area (Å²) in [4.78, 5) is 14.6. The van der Waals surface area contributed by atoms with Crippen molar-refractivity contribution < 1.29 is 4.79 Å². The monoisotopic (exact) mass is 379 g/mol. The van der Waals surface area contributed by atoms with Gasteiger partial charge in [-0.2, -0.15) is 5.10 Å². The van der Waals surface area contributed by atoms with Crippen LogP contribution in [-0.4, -0.2) is 38.2 Å². The van der Waals surface area contributed by atoms with Crippen LogP contribution in [0.2, 0.25) is 0 Å². The van der Waals surface area contributed by atoms with Crippen molar-refractivity contribution in [3.63, 3.8) is 0 Å². The van der Waals surface area contributed by atoms with Gasteiger partial charge in [-0.15, -0.1) is 10.2 Å². The number of amides is 1. The van der Waals surface area contributed by atoms with Crippen LogP contribution in [0.5, 0.6) is 0 Å². The SMILES string of the molecule is Cc1cc(C)n(-c2ccc(SCC(=O)N3CCCc4ccccc43)nn2)n1. The number of aromatic nitrogens is 4. The van der Waals surface area contributed by atoms with Crippen molar-refractivity contribution in [1.82, 2.24) is 20.0 Å². The lowest BCUT2D eigenvalue weighted by Crippen LogP contribution is -2.36. The van der Waals surface area contributed by atoms with Crippen LogP contribution in [0.25, 0.3) is 5.82 Å². The highest BCUT2D eigenvalue weighted by atomic mass is 32.2. The molecule has 2 aromatic heterocycles. The van der Waals surface area contributed by atoms with E-state index in [-0.39, 0.29) is 5.91 Å². The predicted octanol–water partition coefficient (Wildman–Crippen LogP) is 3.35. The fourth-order valence-corrected chi connectivity index (χ4v) is 4.06. The fraction of sp³-hybridized carbons (Fsp3) is 0.300. The van der Waals surface area contributed by atoms with Crippen LogP contribution >= 0.6 is 11.8 Å². The molecular weight excluding hydrogens is 358 g/mol. The Hall–Kier alpha value is -2.67. The summed E-state index contributed by atoms with van der Waals surface area (Å²) in [5.74, 6) is 1.14. The third-order valence-electron chi connectivity index (χ3n) is 4.61. The first kappa shape index (κ1) is 17.7. The number of anilines is 1. The van der Waals surface area contributed by atoms with Crippen LogP contribution in [0.15, 0.2) is 47.5 Å². The number of carbonyl (C=O) groups is 1. The summed E-state index contributed by atoms with van der Waals surface area (Å²) in [7, 11) is 0. The summed E-state index contributed by atoms with van der Waals surface area (Å²) >= 11 is 1.42. The van der Waals surface area contributed by atoms with Gasteiger partial charge in [0.15, 0.2) is 5.82 Å². The van der Waals surface area contributed by atoms with Crippen molar-refractivity contribution in [3.05, 3.63) is 59.4 Å². The topological polar surface area (TPSA) is 63.9 Å². The molecule has 0 unspecified atom stereocenters. The molecule has 0 saturated carbocycles. The van der Waals surface area contributed by atoms with Crippen LogP contribution in [0, 0.1) is 13.8 Å². The molecule has 0 aliphatic carbocycles. The minimum absolute atomic E-state index is 0.108. The van der Waals surface area contributed by atoms with Gasteiger partial charge in [0.1, 0.15) is 5.03 Å². The number of aryl methyl sites for hydroxylation is 3. The third-order valence-corrected chi connectivity index (χ3v) is 5.51. The van der Waals surface area contributed by atoms with Crippen molar-refractivity contribution in [2.24, 2.45) is 0 Å². The molecule has 1 amide bonds. The first-order valence-electron chi connectivity index (χ1n) is 9.00. The highest BCUT2D eigenvalue weighted by Gasteiger charge is 2.22. The van der Waals surface area contributed by atoms with E-state index < -0.39 is 0 Å². The van der Waals surface area contributed by atoms with Gasteiger partial charge in [0.25, 0.3) is 0 Å². The molecule has 0 fully saturated rings. The smallest absolute Gasteiger partial charge is 0.237 e. The van der Waals surface area contributed by atoms with E-state index in [4.69, 9.17) is 0 Å². The minimum Gasteiger partial charge on any atom is -0.311 e. The van der Waals surface area contributed by atoms with Crippen LogP contribution in [0.1, 0.15) is 23.4 Å². The zero-order valence-electron chi connectivity index (χ0n) is 15.4. The number of hydrogen-bond acceptors (Lipinski definition) is 5. The van der Waals surface area contributed by atoms with E-state index in [9.17, 15) is 4.79 Å². The zero-order valence-corrected chi connectivity index (χ0v) is 16.2. The number of fused-ring (bicyclic) bond motifs is 1. The molecule has 0 bridgehead atoms. The second kappa shape index (κ2) is 7.52. The molecule has 1 aliphatic rings. The van der Waals surface area contributed by atoms with Gasteiger partial charge in [-0.1, -0.05) is 30.0 Å². The largest absolute Gasteiger partial charge is 0.311 e. The number of rotatable bonds is 4. The first-order chi connectivity index (χ1) is 13.1. The molecule has 3 aromatic rings. The highest BCUT2D eigenvalue weighted by molar-refractivity contribution is 7.99. The number of hydrogen-bond donors (Lipinski definition) is 0. The minimum atomic E-state index is 0.108. The molecule has 6 nitrogen and oxygen atoms in total. The van der Waals surface area contributed by atoms with Crippen molar-refractivity contribution in [2.45, 2.75) is 31.7 Å². The van der Waals surface area contributed by atoms with E-state index in [1.54, 1.807) is 4.68 Å². The number of carbonyl (C=O) groups excluding carboxylic acids is 1. The van der Waals surface area contributed by atoms with Crippen LogP contribution in [0.3, 0.4) is 0 Å². The molecule has 0 radical (unpaired) electrons. The molecule has 27 heavy (non-hydrogen) atoms. The number of nitrogens with zero attached hydrogens (tertiary/aromatic N) is 5. The van der Waals surface area contributed by atoms with E-state index in [1.165, 1.54) is 17.3 Å². The predicted molar refractivity (Wildman–Crippen MR) is 106 cm³/mol. The molecule has 0 saturated heterocycles. The van der Waals surface area contributed by atoms with E-state index in [2.05, 4.69) is 21.4 Å². The maximum atomic E-state index is 12.7. The van der Waals surface area contributed by atoms with E-state index in [1.807, 2.05) is 55.1 Å². The lowest BCUT2D eigenvalue weighted by atomic mass is 10.0. The van der Waals surface area contributed by atoms with Gasteiger partial charge in [-0.3, -0.25) is 4.79 Å². The molecule has 7 heteroatoms. The number of thioether (sulfide) groups is 1. The Kier molecular flexibility index (Phi) is 4.94. The van der Waals surface area contributed by atoms with E-state index >= 15 is 0 Å². The Labute approximate surface area is 162 Å². The van der Waals surface area contributed by atoms with E-state index in [0.717, 1.165) is 41.5 Å². The Balaban J connectivity index is 1.42. The zero-order chi connectivity index (χ0) is 18.8. The summed E-state index contributed by atoms with van der Waals surface area (Å²) in [6, 6.07) is 13.9. The summed E-state index contributed by atoms with van der Waals surface area (Å²) in [6.07, 6.45) is 2.04. The number of para-hydroxylation sites is 1. The Morgan fingerprint density at radius 1 is 1.15 bits per heavy atom. The highest BCUT2D eigenvalue weighted by Crippen LogP contribution is 2.28. The summed E-state index contributed by atoms with van der Waals surface area (Å²) < 4.78 is 1.77. The first-order valence-corrected chi connectivity index (χ1v) is 9.99. The fourth-order valence-electron chi connectivity index (χ4n) is 3.37. The lowest BCUT2D eigenvalue weighted by Gasteiger charge is -2.29. The lowest BCUT2D eigenvalue weighted by molar-refractivity contribution is -0.116.